The average Bonchev–Trinajstić information content (AvgIpc) is 2.82. The van der Waals surface area contributed by atoms with Gasteiger partial charge < -0.3 is 10.1 Å². The molecule has 0 aliphatic heterocycles. The van der Waals surface area contributed by atoms with E-state index < -0.39 is 4.92 Å². The number of nitrogens with one attached hydrogen (secondary N) is 1. The van der Waals surface area contributed by atoms with Crippen LogP contribution in [-0.4, -0.2) is 33.8 Å². The van der Waals surface area contributed by atoms with Crippen molar-refractivity contribution in [2.24, 2.45) is 0 Å². The van der Waals surface area contributed by atoms with Crippen LogP contribution >= 0.6 is 0 Å². The molecule has 24 heavy (non-hydrogen) atoms. The van der Waals surface area contributed by atoms with E-state index in [1.807, 2.05) is 6.92 Å². The molecule has 0 saturated heterocycles. The highest BCUT2D eigenvalue weighted by Gasteiger charge is 2.21. The summed E-state index contributed by atoms with van der Waals surface area (Å²) in [4.78, 5) is 22.8. The number of para-hydroxylation sites is 1. The lowest BCUT2D eigenvalue weighted by molar-refractivity contribution is -0.386. The molecule has 1 aromatic heterocycles. The van der Waals surface area contributed by atoms with Crippen molar-refractivity contribution in [3.63, 3.8) is 0 Å². The molecule has 0 fully saturated rings. The number of carbonyl (C=O) groups excluding carboxylic acids is 1. The fourth-order valence-electron chi connectivity index (χ4n) is 2.48. The third-order valence-corrected chi connectivity index (χ3v) is 3.57. The molecule has 1 amide bonds. The molecule has 8 heteroatoms. The molecule has 8 nitrogen and oxygen atoms in total. The number of ether oxygens (including phenoxy) is 1. The Hall–Kier alpha value is -2.90. The number of aromatic nitrogens is 2. The third kappa shape index (κ3) is 3.70. The topological polar surface area (TPSA) is 99.3 Å². The van der Waals surface area contributed by atoms with Gasteiger partial charge in [0.2, 0.25) is 0 Å². The number of hydrogen-bond acceptors (Lipinski definition) is 5. The Labute approximate surface area is 139 Å². The summed E-state index contributed by atoms with van der Waals surface area (Å²) >= 11 is 0. The van der Waals surface area contributed by atoms with E-state index in [2.05, 4.69) is 10.4 Å². The zero-order valence-electron chi connectivity index (χ0n) is 13.9. The minimum Gasteiger partial charge on any atom is -0.493 e. The highest BCUT2D eigenvalue weighted by atomic mass is 16.6. The van der Waals surface area contributed by atoms with Crippen molar-refractivity contribution in [2.75, 3.05) is 13.2 Å². The summed E-state index contributed by atoms with van der Waals surface area (Å²) < 4.78 is 6.96. The summed E-state index contributed by atoms with van der Waals surface area (Å²) in [6.45, 7) is 6.22. The number of amides is 1. The highest BCUT2D eigenvalue weighted by molar-refractivity contribution is 5.96. The van der Waals surface area contributed by atoms with Gasteiger partial charge in [0.1, 0.15) is 17.1 Å². The lowest BCUT2D eigenvalue weighted by Crippen LogP contribution is -2.28. The quantitative estimate of drug-likeness (QED) is 0.619. The molecule has 1 heterocycles. The van der Waals surface area contributed by atoms with Gasteiger partial charge in [-0.2, -0.15) is 5.10 Å². The van der Waals surface area contributed by atoms with Crippen molar-refractivity contribution >= 4 is 11.6 Å². The Balaban J connectivity index is 2.01. The number of carbonyl (C=O) groups is 1. The van der Waals surface area contributed by atoms with Crippen LogP contribution in [0.4, 0.5) is 5.69 Å². The number of rotatable bonds is 7. The molecule has 2 rings (SSSR count). The summed E-state index contributed by atoms with van der Waals surface area (Å²) in [5, 5.41) is 17.9. The molecule has 2 aromatic rings. The number of benzene rings is 1. The van der Waals surface area contributed by atoms with Gasteiger partial charge in [0.25, 0.3) is 5.91 Å². The monoisotopic (exact) mass is 332 g/mol. The molecule has 0 bridgehead atoms. The maximum Gasteiger partial charge on any atom is 0.312 e. The maximum absolute atomic E-state index is 12.3. The van der Waals surface area contributed by atoms with E-state index in [9.17, 15) is 14.9 Å². The van der Waals surface area contributed by atoms with Gasteiger partial charge in [-0.1, -0.05) is 12.1 Å². The molecule has 0 unspecified atom stereocenters. The van der Waals surface area contributed by atoms with Crippen molar-refractivity contribution in [3.05, 3.63) is 51.3 Å². The van der Waals surface area contributed by atoms with Crippen molar-refractivity contribution in [2.45, 2.75) is 27.3 Å². The van der Waals surface area contributed by atoms with Crippen molar-refractivity contribution in [1.82, 2.24) is 15.1 Å². The van der Waals surface area contributed by atoms with E-state index in [0.29, 0.717) is 42.4 Å². The average molecular weight is 332 g/mol. The highest BCUT2D eigenvalue weighted by Crippen LogP contribution is 2.21. The Kier molecular flexibility index (Phi) is 5.51. The first-order chi connectivity index (χ1) is 11.5. The first-order valence-electron chi connectivity index (χ1n) is 7.64. The van der Waals surface area contributed by atoms with Gasteiger partial charge >= 0.3 is 5.69 Å². The van der Waals surface area contributed by atoms with Crippen LogP contribution in [0.25, 0.3) is 0 Å². The van der Waals surface area contributed by atoms with Gasteiger partial charge in [0.15, 0.2) is 0 Å². The van der Waals surface area contributed by atoms with Gasteiger partial charge in [-0.15, -0.1) is 0 Å². The number of nitro groups is 1. The lowest BCUT2D eigenvalue weighted by atomic mass is 10.2. The molecular weight excluding hydrogens is 312 g/mol. The van der Waals surface area contributed by atoms with E-state index in [1.54, 1.807) is 38.1 Å². The van der Waals surface area contributed by atoms with Gasteiger partial charge in [-0.25, -0.2) is 0 Å². The second-order valence-corrected chi connectivity index (χ2v) is 5.18. The summed E-state index contributed by atoms with van der Waals surface area (Å²) in [5.74, 6) is 0.273. The predicted octanol–water partition coefficient (Wildman–Crippen LogP) is 2.24. The number of aryl methyl sites for hydroxylation is 1. The third-order valence-electron chi connectivity index (χ3n) is 3.57. The Morgan fingerprint density at radius 2 is 2.08 bits per heavy atom. The van der Waals surface area contributed by atoms with Crippen LogP contribution in [0.2, 0.25) is 0 Å². The van der Waals surface area contributed by atoms with Crippen LogP contribution in [0.3, 0.4) is 0 Å². The van der Waals surface area contributed by atoms with E-state index in [4.69, 9.17) is 4.74 Å². The largest absolute Gasteiger partial charge is 0.493 e. The summed E-state index contributed by atoms with van der Waals surface area (Å²) in [6, 6.07) is 7.00. The zero-order chi connectivity index (χ0) is 17.7. The van der Waals surface area contributed by atoms with E-state index in [1.165, 1.54) is 4.68 Å². The molecule has 0 radical (unpaired) electrons. The van der Waals surface area contributed by atoms with Crippen molar-refractivity contribution < 1.29 is 14.5 Å². The Bertz CT molecular complexity index is 755. The summed E-state index contributed by atoms with van der Waals surface area (Å²) in [6.07, 6.45) is 0. The molecular formula is C16H20N4O4. The smallest absolute Gasteiger partial charge is 0.312 e. The Morgan fingerprint density at radius 1 is 1.38 bits per heavy atom. The molecule has 0 aliphatic rings. The van der Waals surface area contributed by atoms with E-state index >= 15 is 0 Å². The summed E-state index contributed by atoms with van der Waals surface area (Å²) in [7, 11) is 0. The number of hydrogen-bond donors (Lipinski definition) is 1. The predicted molar refractivity (Wildman–Crippen MR) is 88.3 cm³/mol. The molecule has 0 saturated carbocycles. The fraction of sp³-hybridized carbons (Fsp3) is 0.375. The minimum absolute atomic E-state index is 0.0167. The SMILES string of the molecule is CCOc1ccccc1C(=O)NCCn1nc(C)c([N+](=O)[O-])c1C. The van der Waals surface area contributed by atoms with Crippen molar-refractivity contribution in [3.8, 4) is 5.75 Å². The molecule has 0 spiro atoms. The summed E-state index contributed by atoms with van der Waals surface area (Å²) in [5.41, 5.74) is 1.31. The van der Waals surface area contributed by atoms with E-state index in [-0.39, 0.29) is 11.6 Å². The van der Waals surface area contributed by atoms with Crippen LogP contribution in [0, 0.1) is 24.0 Å². The first-order valence-corrected chi connectivity index (χ1v) is 7.64. The number of nitrogens with zero attached hydrogens (tertiary/aromatic N) is 3. The van der Waals surface area contributed by atoms with Gasteiger partial charge in [-0.3, -0.25) is 19.6 Å². The second-order valence-electron chi connectivity index (χ2n) is 5.18. The maximum atomic E-state index is 12.3. The van der Waals surface area contributed by atoms with Gasteiger partial charge in [-0.05, 0) is 32.9 Å². The zero-order valence-corrected chi connectivity index (χ0v) is 13.9. The Morgan fingerprint density at radius 3 is 2.71 bits per heavy atom. The molecule has 1 N–H and O–H groups in total. The van der Waals surface area contributed by atoms with Gasteiger partial charge in [0, 0.05) is 6.54 Å². The minimum atomic E-state index is -0.439. The molecule has 128 valence electrons. The van der Waals surface area contributed by atoms with Crippen LogP contribution in [0.5, 0.6) is 5.75 Å². The second kappa shape index (κ2) is 7.58. The van der Waals surface area contributed by atoms with Crippen LogP contribution in [-0.2, 0) is 6.54 Å². The van der Waals surface area contributed by atoms with Crippen LogP contribution in [0.15, 0.2) is 24.3 Å². The molecule has 0 aliphatic carbocycles. The van der Waals surface area contributed by atoms with Crippen molar-refractivity contribution in [1.29, 1.82) is 0 Å². The standard InChI is InChI=1S/C16H20N4O4/c1-4-24-14-8-6-5-7-13(14)16(21)17-9-10-19-12(3)15(20(22)23)11(2)18-19/h5-8H,4,9-10H2,1-3H3,(H,17,21). The first kappa shape index (κ1) is 17.5. The van der Waals surface area contributed by atoms with Gasteiger partial charge in [0.05, 0.1) is 23.6 Å². The van der Waals surface area contributed by atoms with Crippen LogP contribution < -0.4 is 10.1 Å². The van der Waals surface area contributed by atoms with Crippen LogP contribution in [0.1, 0.15) is 28.7 Å². The fourth-order valence-corrected chi connectivity index (χ4v) is 2.48. The normalized spacial score (nSPS) is 10.5. The lowest BCUT2D eigenvalue weighted by Gasteiger charge is -2.10. The molecule has 1 aromatic carbocycles. The molecule has 0 atom stereocenters. The van der Waals surface area contributed by atoms with E-state index in [0.717, 1.165) is 0 Å².